The van der Waals surface area contributed by atoms with Gasteiger partial charge in [0, 0.05) is 43.8 Å². The molecule has 5 aromatic carbocycles. The van der Waals surface area contributed by atoms with Crippen LogP contribution in [0.4, 0.5) is 0 Å². The van der Waals surface area contributed by atoms with E-state index in [9.17, 15) is 0 Å². The maximum atomic E-state index is 5.22. The Morgan fingerprint density at radius 3 is 1.28 bits per heavy atom. The number of hydrogen-bond acceptors (Lipinski definition) is 4. The molecule has 0 spiro atoms. The molecule has 0 aliphatic rings. The zero-order chi connectivity index (χ0) is 31.3. The second-order valence-corrected chi connectivity index (χ2v) is 12.0. The highest BCUT2D eigenvalue weighted by Gasteiger charge is 2.13. The molecule has 0 saturated carbocycles. The van der Waals surface area contributed by atoms with Gasteiger partial charge >= 0.3 is 0 Å². The molecule has 4 heteroatoms. The van der Waals surface area contributed by atoms with Crippen LogP contribution in [0.2, 0.25) is 0 Å². The Hall–Kier alpha value is -6.26. The standard InChI is InChI=1S/C43H28N4/c1-27-25-34-19-23-39(46-42(34)43-35(27)20-24-37(47-43)29-11-6-3-7-12-29)33-14-8-13-32(26-33)38-22-18-31-16-15-30-17-21-36(28-9-4-2-5-10-28)44-40(30)41(31)45-38/h2-26H,1H3. The van der Waals surface area contributed by atoms with Crippen molar-refractivity contribution in [3.05, 3.63) is 157 Å². The first-order valence-electron chi connectivity index (χ1n) is 15.8. The van der Waals surface area contributed by atoms with Crippen molar-refractivity contribution in [1.82, 2.24) is 19.9 Å². The number of aromatic nitrogens is 4. The van der Waals surface area contributed by atoms with Crippen molar-refractivity contribution >= 4 is 43.6 Å². The molecule has 4 aromatic heterocycles. The number of benzene rings is 5. The fourth-order valence-electron chi connectivity index (χ4n) is 6.51. The maximum absolute atomic E-state index is 5.22. The van der Waals surface area contributed by atoms with Crippen LogP contribution in [0, 0.1) is 6.92 Å². The number of rotatable bonds is 4. The van der Waals surface area contributed by atoms with E-state index in [0.717, 1.165) is 88.6 Å². The molecule has 0 bridgehead atoms. The van der Waals surface area contributed by atoms with Crippen LogP contribution in [0.5, 0.6) is 0 Å². The first kappa shape index (κ1) is 27.1. The highest BCUT2D eigenvalue weighted by atomic mass is 14.8. The van der Waals surface area contributed by atoms with E-state index in [1.807, 2.05) is 36.4 Å². The average molecular weight is 601 g/mol. The van der Waals surface area contributed by atoms with E-state index in [0.29, 0.717) is 0 Å². The van der Waals surface area contributed by atoms with Crippen LogP contribution < -0.4 is 0 Å². The molecular weight excluding hydrogens is 573 g/mol. The first-order valence-corrected chi connectivity index (χ1v) is 15.8. The van der Waals surface area contributed by atoms with Gasteiger partial charge in [-0.25, -0.2) is 19.9 Å². The monoisotopic (exact) mass is 600 g/mol. The van der Waals surface area contributed by atoms with Crippen LogP contribution in [-0.4, -0.2) is 19.9 Å². The normalized spacial score (nSPS) is 11.5. The molecular formula is C43H28N4. The highest BCUT2D eigenvalue weighted by molar-refractivity contribution is 6.06. The molecule has 0 N–H and O–H groups in total. The lowest BCUT2D eigenvalue weighted by atomic mass is 10.0. The van der Waals surface area contributed by atoms with Gasteiger partial charge in [0.05, 0.1) is 44.8 Å². The lowest BCUT2D eigenvalue weighted by Crippen LogP contribution is -1.93. The zero-order valence-electron chi connectivity index (χ0n) is 25.7. The summed E-state index contributed by atoms with van der Waals surface area (Å²) in [6, 6.07) is 52.5. The summed E-state index contributed by atoms with van der Waals surface area (Å²) in [5.41, 5.74) is 12.7. The van der Waals surface area contributed by atoms with Gasteiger partial charge in [0.15, 0.2) is 0 Å². The average Bonchev–Trinajstić information content (AvgIpc) is 3.15. The van der Waals surface area contributed by atoms with Gasteiger partial charge in [0.2, 0.25) is 0 Å². The van der Waals surface area contributed by atoms with E-state index < -0.39 is 0 Å². The third-order valence-electron chi connectivity index (χ3n) is 8.96. The number of hydrogen-bond donors (Lipinski definition) is 0. The topological polar surface area (TPSA) is 51.6 Å². The van der Waals surface area contributed by atoms with Gasteiger partial charge in [-0.3, -0.25) is 0 Å². The number of pyridine rings is 4. The molecule has 0 amide bonds. The van der Waals surface area contributed by atoms with Crippen molar-refractivity contribution in [1.29, 1.82) is 0 Å². The summed E-state index contributed by atoms with van der Waals surface area (Å²) in [6.07, 6.45) is 0. The Morgan fingerprint density at radius 2 is 0.723 bits per heavy atom. The van der Waals surface area contributed by atoms with Crippen molar-refractivity contribution in [2.24, 2.45) is 0 Å². The summed E-state index contributed by atoms with van der Waals surface area (Å²) in [4.78, 5) is 20.6. The molecule has 47 heavy (non-hydrogen) atoms. The van der Waals surface area contributed by atoms with Gasteiger partial charge in [0.1, 0.15) is 0 Å². The van der Waals surface area contributed by atoms with E-state index in [-0.39, 0.29) is 0 Å². The molecule has 0 saturated heterocycles. The molecule has 9 aromatic rings. The van der Waals surface area contributed by atoms with Gasteiger partial charge in [-0.15, -0.1) is 0 Å². The van der Waals surface area contributed by atoms with Gasteiger partial charge in [-0.1, -0.05) is 115 Å². The Labute approximate surface area is 272 Å². The van der Waals surface area contributed by atoms with Crippen molar-refractivity contribution in [2.45, 2.75) is 6.92 Å². The molecule has 0 radical (unpaired) electrons. The van der Waals surface area contributed by atoms with E-state index in [1.165, 1.54) is 5.56 Å². The summed E-state index contributed by atoms with van der Waals surface area (Å²) in [6.45, 7) is 2.14. The fraction of sp³-hybridized carbons (Fsp3) is 0.0233. The number of aryl methyl sites for hydroxylation is 1. The second-order valence-electron chi connectivity index (χ2n) is 12.0. The lowest BCUT2D eigenvalue weighted by molar-refractivity contribution is 1.35. The van der Waals surface area contributed by atoms with E-state index in [2.05, 4.69) is 122 Å². The predicted octanol–water partition coefficient (Wildman–Crippen LogP) is 10.9. The Kier molecular flexibility index (Phi) is 6.32. The van der Waals surface area contributed by atoms with Crippen molar-refractivity contribution in [3.8, 4) is 45.0 Å². The van der Waals surface area contributed by atoms with Crippen LogP contribution in [0.25, 0.3) is 88.6 Å². The van der Waals surface area contributed by atoms with Crippen LogP contribution in [0.15, 0.2) is 152 Å². The van der Waals surface area contributed by atoms with Crippen LogP contribution in [-0.2, 0) is 0 Å². The predicted molar refractivity (Wildman–Crippen MR) is 194 cm³/mol. The minimum absolute atomic E-state index is 0.897. The quantitative estimate of drug-likeness (QED) is 0.189. The van der Waals surface area contributed by atoms with Crippen LogP contribution in [0.1, 0.15) is 5.56 Å². The molecule has 0 atom stereocenters. The highest BCUT2D eigenvalue weighted by Crippen LogP contribution is 2.33. The molecule has 0 fully saturated rings. The fourth-order valence-corrected chi connectivity index (χ4v) is 6.51. The van der Waals surface area contributed by atoms with E-state index >= 15 is 0 Å². The molecule has 4 nitrogen and oxygen atoms in total. The van der Waals surface area contributed by atoms with Gasteiger partial charge in [-0.2, -0.15) is 0 Å². The maximum Gasteiger partial charge on any atom is 0.0975 e. The Morgan fingerprint density at radius 1 is 0.319 bits per heavy atom. The SMILES string of the molecule is Cc1cc2ccc(-c3cccc(-c4ccc5ccc6ccc(-c7ccccc7)nc6c5n4)c3)nc2c2nc(-c3ccccc3)ccc12. The lowest BCUT2D eigenvalue weighted by Gasteiger charge is -2.11. The third kappa shape index (κ3) is 4.79. The van der Waals surface area contributed by atoms with Crippen molar-refractivity contribution in [2.75, 3.05) is 0 Å². The minimum atomic E-state index is 0.897. The Balaban J connectivity index is 1.16. The van der Waals surface area contributed by atoms with Gasteiger partial charge in [0.25, 0.3) is 0 Å². The smallest absolute Gasteiger partial charge is 0.0975 e. The second kappa shape index (κ2) is 11.0. The summed E-state index contributed by atoms with van der Waals surface area (Å²) < 4.78 is 0. The summed E-state index contributed by atoms with van der Waals surface area (Å²) >= 11 is 0. The third-order valence-corrected chi connectivity index (χ3v) is 8.96. The number of nitrogens with zero attached hydrogens (tertiary/aromatic N) is 4. The first-order chi connectivity index (χ1) is 23.2. The molecule has 220 valence electrons. The van der Waals surface area contributed by atoms with Crippen LogP contribution >= 0.6 is 0 Å². The molecule has 0 unspecified atom stereocenters. The number of fused-ring (bicyclic) bond motifs is 6. The van der Waals surface area contributed by atoms with Crippen LogP contribution in [0.3, 0.4) is 0 Å². The zero-order valence-corrected chi connectivity index (χ0v) is 25.7. The van der Waals surface area contributed by atoms with E-state index in [1.54, 1.807) is 0 Å². The molecule has 4 heterocycles. The molecule has 0 aliphatic carbocycles. The largest absolute Gasteiger partial charge is 0.245 e. The summed E-state index contributed by atoms with van der Waals surface area (Å²) in [7, 11) is 0. The van der Waals surface area contributed by atoms with Crippen molar-refractivity contribution in [3.63, 3.8) is 0 Å². The van der Waals surface area contributed by atoms with Gasteiger partial charge in [-0.05, 0) is 48.9 Å². The Bertz CT molecular complexity index is 2630. The molecule has 0 aliphatic heterocycles. The summed E-state index contributed by atoms with van der Waals surface area (Å²) in [5.74, 6) is 0. The van der Waals surface area contributed by atoms with Crippen molar-refractivity contribution < 1.29 is 0 Å². The van der Waals surface area contributed by atoms with Gasteiger partial charge < -0.3 is 0 Å². The van der Waals surface area contributed by atoms with E-state index in [4.69, 9.17) is 19.9 Å². The minimum Gasteiger partial charge on any atom is -0.245 e. The molecule has 9 rings (SSSR count). The summed E-state index contributed by atoms with van der Waals surface area (Å²) in [5, 5.41) is 4.34.